The van der Waals surface area contributed by atoms with Gasteiger partial charge in [0.15, 0.2) is 5.96 Å². The van der Waals surface area contributed by atoms with E-state index in [1.54, 1.807) is 0 Å². The van der Waals surface area contributed by atoms with Crippen LogP contribution >= 0.6 is 24.0 Å². The van der Waals surface area contributed by atoms with Crippen LogP contribution < -0.4 is 10.6 Å². The number of guanidine groups is 1. The Morgan fingerprint density at radius 1 is 1.32 bits per heavy atom. The van der Waals surface area contributed by atoms with Crippen LogP contribution in [0.4, 0.5) is 4.39 Å². The Bertz CT molecular complexity index is 460. The topological polar surface area (TPSA) is 39.7 Å². The maximum absolute atomic E-state index is 12.9. The van der Waals surface area contributed by atoms with Crippen molar-refractivity contribution in [1.29, 1.82) is 0 Å². The molecular formula is C16H26FIN4. The van der Waals surface area contributed by atoms with Gasteiger partial charge in [0.25, 0.3) is 0 Å². The summed E-state index contributed by atoms with van der Waals surface area (Å²) < 4.78 is 12.9. The highest BCUT2D eigenvalue weighted by molar-refractivity contribution is 14.0. The fourth-order valence-corrected chi connectivity index (χ4v) is 2.05. The highest BCUT2D eigenvalue weighted by atomic mass is 127. The molecule has 0 amide bonds. The molecule has 0 saturated heterocycles. The first-order valence-corrected chi connectivity index (χ1v) is 7.65. The van der Waals surface area contributed by atoms with E-state index < -0.39 is 0 Å². The molecule has 124 valence electrons. The van der Waals surface area contributed by atoms with Crippen LogP contribution in [0.2, 0.25) is 0 Å². The molecule has 6 heteroatoms. The molecule has 0 atom stereocenters. The maximum atomic E-state index is 12.9. The summed E-state index contributed by atoms with van der Waals surface area (Å²) in [6.45, 7) is 5.38. The number of likely N-dealkylation sites (N-methyl/N-ethyl adjacent to an activating group) is 1. The van der Waals surface area contributed by atoms with Crippen LogP contribution in [0, 0.1) is 5.82 Å². The lowest BCUT2D eigenvalue weighted by molar-refractivity contribution is 0.336. The van der Waals surface area contributed by atoms with Crippen molar-refractivity contribution in [3.05, 3.63) is 35.6 Å². The van der Waals surface area contributed by atoms with E-state index in [0.29, 0.717) is 6.04 Å². The van der Waals surface area contributed by atoms with Gasteiger partial charge in [-0.25, -0.2) is 4.39 Å². The lowest BCUT2D eigenvalue weighted by Gasteiger charge is -2.16. The van der Waals surface area contributed by atoms with Crippen LogP contribution in [0.15, 0.2) is 29.3 Å². The van der Waals surface area contributed by atoms with Crippen molar-refractivity contribution in [1.82, 2.24) is 15.5 Å². The number of hydrogen-bond donors (Lipinski definition) is 2. The standard InChI is InChI=1S/C16H25FN4.HI/c1-3-18-16(20-15-8-9-15)19-10-11-21(2)12-13-4-6-14(17)7-5-13;/h4-7,15H,3,8-12H2,1-2H3,(H2,18,19,20);1H. The van der Waals surface area contributed by atoms with Gasteiger partial charge >= 0.3 is 0 Å². The molecule has 1 aliphatic carbocycles. The van der Waals surface area contributed by atoms with E-state index in [9.17, 15) is 4.39 Å². The Morgan fingerprint density at radius 2 is 2.00 bits per heavy atom. The van der Waals surface area contributed by atoms with Gasteiger partial charge in [0, 0.05) is 25.7 Å². The Balaban J connectivity index is 0.00000242. The number of nitrogens with zero attached hydrogens (tertiary/aromatic N) is 2. The van der Waals surface area contributed by atoms with Gasteiger partial charge in [0.2, 0.25) is 0 Å². The highest BCUT2D eigenvalue weighted by Crippen LogP contribution is 2.18. The number of hydrogen-bond acceptors (Lipinski definition) is 2. The predicted octanol–water partition coefficient (Wildman–Crippen LogP) is 2.59. The molecule has 0 spiro atoms. The monoisotopic (exact) mass is 420 g/mol. The minimum atomic E-state index is -0.188. The normalized spacial score (nSPS) is 14.6. The fourth-order valence-electron chi connectivity index (χ4n) is 2.05. The second-order valence-electron chi connectivity index (χ2n) is 5.54. The van der Waals surface area contributed by atoms with Crippen molar-refractivity contribution in [3.63, 3.8) is 0 Å². The highest BCUT2D eigenvalue weighted by Gasteiger charge is 2.21. The molecule has 4 nitrogen and oxygen atoms in total. The largest absolute Gasteiger partial charge is 0.357 e. The second kappa shape index (κ2) is 9.99. The average Bonchev–Trinajstić information content (AvgIpc) is 3.25. The van der Waals surface area contributed by atoms with E-state index in [1.165, 1.54) is 25.0 Å². The van der Waals surface area contributed by atoms with Crippen molar-refractivity contribution in [2.24, 2.45) is 4.99 Å². The Morgan fingerprint density at radius 3 is 2.59 bits per heavy atom. The van der Waals surface area contributed by atoms with E-state index in [2.05, 4.69) is 34.5 Å². The molecule has 0 unspecified atom stereocenters. The number of halogens is 2. The summed E-state index contributed by atoms with van der Waals surface area (Å²) in [6, 6.07) is 7.27. The summed E-state index contributed by atoms with van der Waals surface area (Å²) in [5.41, 5.74) is 1.12. The van der Waals surface area contributed by atoms with Crippen molar-refractivity contribution < 1.29 is 4.39 Å². The molecule has 1 aliphatic rings. The quantitative estimate of drug-likeness (QED) is 0.405. The molecule has 1 aromatic rings. The first kappa shape index (κ1) is 19.2. The summed E-state index contributed by atoms with van der Waals surface area (Å²) in [5.74, 6) is 0.725. The number of rotatable bonds is 7. The zero-order chi connectivity index (χ0) is 15.1. The SMILES string of the molecule is CCNC(=NCCN(C)Cc1ccc(F)cc1)NC1CC1.I. The van der Waals surface area contributed by atoms with Crippen molar-refractivity contribution in [3.8, 4) is 0 Å². The summed E-state index contributed by atoms with van der Waals surface area (Å²) in [4.78, 5) is 6.77. The van der Waals surface area contributed by atoms with Crippen LogP contribution in [0.3, 0.4) is 0 Å². The molecule has 0 aliphatic heterocycles. The van der Waals surface area contributed by atoms with Gasteiger partial charge in [0.05, 0.1) is 6.54 Å². The van der Waals surface area contributed by atoms with E-state index in [4.69, 9.17) is 0 Å². The van der Waals surface area contributed by atoms with Gasteiger partial charge in [-0.05, 0) is 44.5 Å². The smallest absolute Gasteiger partial charge is 0.191 e. The van der Waals surface area contributed by atoms with Crippen molar-refractivity contribution in [2.45, 2.75) is 32.4 Å². The molecule has 22 heavy (non-hydrogen) atoms. The van der Waals surface area contributed by atoms with Crippen LogP contribution in [0.5, 0.6) is 0 Å². The Labute approximate surface area is 149 Å². The van der Waals surface area contributed by atoms with Gasteiger partial charge in [0.1, 0.15) is 5.82 Å². The van der Waals surface area contributed by atoms with Gasteiger partial charge in [-0.2, -0.15) is 0 Å². The first-order valence-electron chi connectivity index (χ1n) is 7.65. The van der Waals surface area contributed by atoms with E-state index >= 15 is 0 Å². The van der Waals surface area contributed by atoms with Crippen molar-refractivity contribution >= 4 is 29.9 Å². The average molecular weight is 420 g/mol. The maximum Gasteiger partial charge on any atom is 0.191 e. The molecule has 0 radical (unpaired) electrons. The zero-order valence-electron chi connectivity index (χ0n) is 13.3. The van der Waals surface area contributed by atoms with Crippen LogP contribution in [-0.4, -0.2) is 43.6 Å². The molecule has 0 aromatic heterocycles. The van der Waals surface area contributed by atoms with E-state index in [1.807, 2.05) is 12.1 Å². The summed E-state index contributed by atoms with van der Waals surface area (Å²) in [6.07, 6.45) is 2.49. The third-order valence-corrected chi connectivity index (χ3v) is 3.38. The zero-order valence-corrected chi connectivity index (χ0v) is 15.6. The molecule has 1 saturated carbocycles. The molecule has 0 heterocycles. The molecule has 1 aromatic carbocycles. The minimum Gasteiger partial charge on any atom is -0.357 e. The van der Waals surface area contributed by atoms with E-state index in [0.717, 1.165) is 37.7 Å². The Hall–Kier alpha value is -0.890. The van der Waals surface area contributed by atoms with Gasteiger partial charge in [-0.15, -0.1) is 24.0 Å². The third-order valence-electron chi connectivity index (χ3n) is 3.38. The molecule has 2 rings (SSSR count). The predicted molar refractivity (Wildman–Crippen MR) is 100 cm³/mol. The minimum absolute atomic E-state index is 0. The van der Waals surface area contributed by atoms with Gasteiger partial charge < -0.3 is 15.5 Å². The molecule has 0 bridgehead atoms. The van der Waals surface area contributed by atoms with Crippen LogP contribution in [0.1, 0.15) is 25.3 Å². The second-order valence-corrected chi connectivity index (χ2v) is 5.54. The van der Waals surface area contributed by atoms with Gasteiger partial charge in [-0.3, -0.25) is 4.99 Å². The number of aliphatic imine (C=N–C) groups is 1. The van der Waals surface area contributed by atoms with E-state index in [-0.39, 0.29) is 29.8 Å². The fraction of sp³-hybridized carbons (Fsp3) is 0.562. The summed E-state index contributed by atoms with van der Waals surface area (Å²) in [5, 5.41) is 6.66. The number of nitrogens with one attached hydrogen (secondary N) is 2. The molecule has 1 fully saturated rings. The Kier molecular flexibility index (Phi) is 8.70. The van der Waals surface area contributed by atoms with Gasteiger partial charge in [-0.1, -0.05) is 12.1 Å². The number of benzene rings is 1. The lowest BCUT2D eigenvalue weighted by atomic mass is 10.2. The first-order chi connectivity index (χ1) is 10.2. The molecular weight excluding hydrogens is 394 g/mol. The summed E-state index contributed by atoms with van der Waals surface area (Å²) >= 11 is 0. The lowest BCUT2D eigenvalue weighted by Crippen LogP contribution is -2.39. The van der Waals surface area contributed by atoms with Crippen LogP contribution in [-0.2, 0) is 6.54 Å². The molecule has 2 N–H and O–H groups in total. The third kappa shape index (κ3) is 7.40. The van der Waals surface area contributed by atoms with Crippen molar-refractivity contribution in [2.75, 3.05) is 26.7 Å². The summed E-state index contributed by atoms with van der Waals surface area (Å²) in [7, 11) is 2.06. The van der Waals surface area contributed by atoms with Crippen LogP contribution in [0.25, 0.3) is 0 Å².